The van der Waals surface area contributed by atoms with E-state index in [-0.39, 0.29) is 0 Å². The molecule has 0 spiro atoms. The number of hydrogen-bond acceptors (Lipinski definition) is 2. The Morgan fingerprint density at radius 2 is 1.64 bits per heavy atom. The average Bonchev–Trinajstić information content (AvgIpc) is 2.70. The minimum atomic E-state index is -0.423. The van der Waals surface area contributed by atoms with Crippen LogP contribution in [0.1, 0.15) is 5.56 Å². The highest BCUT2D eigenvalue weighted by molar-refractivity contribution is 9.10. The van der Waals surface area contributed by atoms with Crippen molar-refractivity contribution in [3.63, 3.8) is 0 Å². The van der Waals surface area contributed by atoms with Gasteiger partial charge in [0.25, 0.3) is 4.57 Å². The predicted molar refractivity (Wildman–Crippen MR) is 49.6 cm³/mol. The van der Waals surface area contributed by atoms with Gasteiger partial charge in [0, 0.05) is 10.0 Å². The molecule has 1 heterocycles. The van der Waals surface area contributed by atoms with Crippen LogP contribution in [-0.4, -0.2) is 0 Å². The lowest BCUT2D eigenvalue weighted by atomic mass is 10.2. The Labute approximate surface area is 81.0 Å². The molecule has 1 aromatic rings. The van der Waals surface area contributed by atoms with Gasteiger partial charge in [-0.2, -0.15) is 0 Å². The number of alkyl halides is 1. The van der Waals surface area contributed by atoms with Gasteiger partial charge in [0.2, 0.25) is 0 Å². The Hall–Kier alpha value is -0.220. The largest absolute Gasteiger partial charge is 0.269 e. The summed E-state index contributed by atoms with van der Waals surface area (Å²) >= 11 is 6.73. The zero-order valence-electron chi connectivity index (χ0n) is 5.46. The Morgan fingerprint density at radius 3 is 2.09 bits per heavy atom. The zero-order valence-corrected chi connectivity index (χ0v) is 8.63. The molecule has 0 bridgehead atoms. The van der Waals surface area contributed by atoms with Crippen LogP contribution >= 0.6 is 31.9 Å². The molecule has 11 heavy (non-hydrogen) atoms. The third-order valence-corrected chi connectivity index (χ3v) is 2.79. The van der Waals surface area contributed by atoms with E-state index >= 15 is 0 Å². The lowest BCUT2D eigenvalue weighted by Crippen LogP contribution is -1.95. The lowest BCUT2D eigenvalue weighted by molar-refractivity contribution is 0.983. The van der Waals surface area contributed by atoms with Gasteiger partial charge in [0.15, 0.2) is 0 Å². The molecule has 0 fully saturated rings. The Balaban J connectivity index is 2.34. The highest BCUT2D eigenvalue weighted by atomic mass is 79.9. The average molecular weight is 276 g/mol. The minimum Gasteiger partial charge on any atom is -0.140 e. The molecule has 56 valence electrons. The molecular weight excluding hydrogens is 272 g/mol. The second kappa shape index (κ2) is 2.38. The van der Waals surface area contributed by atoms with Crippen molar-refractivity contribution in [2.24, 2.45) is 10.2 Å². The summed E-state index contributed by atoms with van der Waals surface area (Å²) in [6.07, 6.45) is 0. The number of hydrogen-bond donors (Lipinski definition) is 0. The molecule has 2 rings (SSSR count). The quantitative estimate of drug-likeness (QED) is 0.554. The molecule has 0 amide bonds. The van der Waals surface area contributed by atoms with E-state index in [4.69, 9.17) is 0 Å². The van der Waals surface area contributed by atoms with Crippen LogP contribution in [0, 0.1) is 0 Å². The zero-order chi connectivity index (χ0) is 7.90. The molecule has 2 nitrogen and oxygen atoms in total. The summed E-state index contributed by atoms with van der Waals surface area (Å²) in [5.74, 6) is 0. The summed E-state index contributed by atoms with van der Waals surface area (Å²) in [6, 6.07) is 7.92. The van der Waals surface area contributed by atoms with E-state index in [0.717, 1.165) is 10.0 Å². The van der Waals surface area contributed by atoms with Crippen molar-refractivity contribution in [1.82, 2.24) is 0 Å². The fourth-order valence-corrected chi connectivity index (χ4v) is 1.43. The van der Waals surface area contributed by atoms with Crippen LogP contribution in [0.25, 0.3) is 0 Å². The van der Waals surface area contributed by atoms with Crippen LogP contribution in [0.15, 0.2) is 39.0 Å². The lowest BCUT2D eigenvalue weighted by Gasteiger charge is -2.00. The third-order valence-electron chi connectivity index (χ3n) is 1.49. The number of nitrogens with zero attached hydrogens (tertiary/aromatic N) is 2. The Morgan fingerprint density at radius 1 is 1.09 bits per heavy atom. The number of rotatable bonds is 1. The van der Waals surface area contributed by atoms with Crippen molar-refractivity contribution in [3.8, 4) is 0 Å². The van der Waals surface area contributed by atoms with Crippen molar-refractivity contribution >= 4 is 31.9 Å². The number of halogens is 2. The molecule has 0 aliphatic carbocycles. The number of benzene rings is 1. The monoisotopic (exact) mass is 274 g/mol. The second-order valence-electron chi connectivity index (χ2n) is 2.29. The van der Waals surface area contributed by atoms with E-state index in [1.165, 1.54) is 0 Å². The van der Waals surface area contributed by atoms with Crippen molar-refractivity contribution in [1.29, 1.82) is 0 Å². The van der Waals surface area contributed by atoms with Gasteiger partial charge in [-0.25, -0.2) is 0 Å². The molecular formula is C7H4Br2N2. The molecule has 0 saturated carbocycles. The molecule has 1 aromatic carbocycles. The minimum absolute atomic E-state index is 0.423. The normalized spacial score (nSPS) is 18.4. The van der Waals surface area contributed by atoms with Crippen molar-refractivity contribution < 1.29 is 0 Å². The van der Waals surface area contributed by atoms with Gasteiger partial charge in [0.05, 0.1) is 0 Å². The maximum absolute atomic E-state index is 3.86. The van der Waals surface area contributed by atoms with Crippen molar-refractivity contribution in [2.75, 3.05) is 0 Å². The molecule has 1 aliphatic heterocycles. The van der Waals surface area contributed by atoms with Gasteiger partial charge in [-0.1, -0.05) is 28.1 Å². The summed E-state index contributed by atoms with van der Waals surface area (Å²) < 4.78 is 0.645. The van der Waals surface area contributed by atoms with Gasteiger partial charge < -0.3 is 0 Å². The molecule has 1 aliphatic rings. The fourth-order valence-electron chi connectivity index (χ4n) is 0.821. The first-order chi connectivity index (χ1) is 5.21. The molecule has 0 aromatic heterocycles. The van der Waals surface area contributed by atoms with Crippen molar-refractivity contribution in [2.45, 2.75) is 4.57 Å². The van der Waals surface area contributed by atoms with E-state index in [1.807, 2.05) is 24.3 Å². The molecule has 0 atom stereocenters. The van der Waals surface area contributed by atoms with Gasteiger partial charge in [-0.3, -0.25) is 0 Å². The summed E-state index contributed by atoms with van der Waals surface area (Å²) in [7, 11) is 0. The third kappa shape index (κ3) is 1.37. The second-order valence-corrected chi connectivity index (χ2v) is 4.32. The first-order valence-corrected chi connectivity index (χ1v) is 4.68. The van der Waals surface area contributed by atoms with Gasteiger partial charge in [-0.05, 0) is 28.1 Å². The van der Waals surface area contributed by atoms with Gasteiger partial charge >= 0.3 is 0 Å². The van der Waals surface area contributed by atoms with E-state index in [1.54, 1.807) is 0 Å². The fraction of sp³-hybridized carbons (Fsp3) is 0.143. The van der Waals surface area contributed by atoms with Crippen LogP contribution in [0.3, 0.4) is 0 Å². The standard InChI is InChI=1S/C7H4Br2N2/c8-6-3-1-5(2-4-6)7(9)10-11-7/h1-4H. The molecule has 4 heteroatoms. The summed E-state index contributed by atoms with van der Waals surface area (Å²) in [6.45, 7) is 0. The van der Waals surface area contributed by atoms with Crippen molar-refractivity contribution in [3.05, 3.63) is 34.3 Å². The topological polar surface area (TPSA) is 24.7 Å². The molecule has 0 saturated heterocycles. The van der Waals surface area contributed by atoms with E-state index in [0.29, 0.717) is 0 Å². The summed E-state index contributed by atoms with van der Waals surface area (Å²) in [5.41, 5.74) is 1.07. The Bertz CT molecular complexity index is 299. The SMILES string of the molecule is Brc1ccc(C2(Br)N=N2)cc1. The van der Waals surface area contributed by atoms with Crippen LogP contribution in [0.4, 0.5) is 0 Å². The first kappa shape index (κ1) is 7.43. The van der Waals surface area contributed by atoms with E-state index < -0.39 is 4.57 Å². The molecule has 0 unspecified atom stereocenters. The smallest absolute Gasteiger partial charge is 0.140 e. The molecule has 0 radical (unpaired) electrons. The first-order valence-electron chi connectivity index (χ1n) is 3.10. The van der Waals surface area contributed by atoms with E-state index in [2.05, 4.69) is 42.1 Å². The van der Waals surface area contributed by atoms with Crippen LogP contribution in [-0.2, 0) is 4.57 Å². The van der Waals surface area contributed by atoms with Gasteiger partial charge in [-0.15, -0.1) is 10.2 Å². The highest BCUT2D eigenvalue weighted by Gasteiger charge is 2.38. The summed E-state index contributed by atoms with van der Waals surface area (Å²) in [4.78, 5) is 0. The Kier molecular flexibility index (Phi) is 1.61. The highest BCUT2D eigenvalue weighted by Crippen LogP contribution is 2.45. The molecule has 0 N–H and O–H groups in total. The van der Waals surface area contributed by atoms with Gasteiger partial charge in [0.1, 0.15) is 0 Å². The van der Waals surface area contributed by atoms with Crippen LogP contribution < -0.4 is 0 Å². The van der Waals surface area contributed by atoms with E-state index in [9.17, 15) is 0 Å². The van der Waals surface area contributed by atoms with Crippen LogP contribution in [0.2, 0.25) is 0 Å². The summed E-state index contributed by atoms with van der Waals surface area (Å²) in [5, 5.41) is 7.72. The predicted octanol–water partition coefficient (Wildman–Crippen LogP) is 3.42. The maximum atomic E-state index is 3.86. The maximum Gasteiger partial charge on any atom is 0.269 e. The van der Waals surface area contributed by atoms with Crippen LogP contribution in [0.5, 0.6) is 0 Å².